The predicted octanol–water partition coefficient (Wildman–Crippen LogP) is 4.36. The predicted molar refractivity (Wildman–Crippen MR) is 110 cm³/mol. The molecule has 3 N–H and O–H groups in total. The molecule has 0 atom stereocenters. The highest BCUT2D eigenvalue weighted by molar-refractivity contribution is 9.10. The molecule has 0 amide bonds. The molecule has 1 heterocycles. The lowest BCUT2D eigenvalue weighted by Gasteiger charge is -2.15. The van der Waals surface area contributed by atoms with Crippen LogP contribution >= 0.6 is 27.5 Å². The van der Waals surface area contributed by atoms with Crippen LogP contribution in [0.1, 0.15) is 16.7 Å². The number of ether oxygens (including phenoxy) is 1. The Morgan fingerprint density at radius 1 is 1.14 bits per heavy atom. The van der Waals surface area contributed by atoms with E-state index >= 15 is 0 Å². The van der Waals surface area contributed by atoms with Crippen LogP contribution in [0.4, 0.5) is 5.82 Å². The molecule has 0 aliphatic heterocycles. The van der Waals surface area contributed by atoms with Crippen molar-refractivity contribution in [2.75, 3.05) is 5.73 Å². The van der Waals surface area contributed by atoms with E-state index in [9.17, 15) is 15.3 Å². The first-order valence-corrected chi connectivity index (χ1v) is 9.14. The van der Waals surface area contributed by atoms with Crippen LogP contribution in [-0.2, 0) is 6.61 Å². The first-order chi connectivity index (χ1) is 13.4. The molecule has 0 radical (unpaired) electrons. The number of rotatable bonds is 4. The highest BCUT2D eigenvalue weighted by Crippen LogP contribution is 2.37. The molecular weight excluding hydrogens is 444 g/mol. The number of anilines is 1. The first-order valence-electron chi connectivity index (χ1n) is 7.97. The highest BCUT2D eigenvalue weighted by Gasteiger charge is 2.21. The minimum atomic E-state index is -0.688. The summed E-state index contributed by atoms with van der Waals surface area (Å²) in [6.45, 7) is 0.233. The molecule has 0 aliphatic rings. The maximum Gasteiger partial charge on any atom is 0.268 e. The Bertz CT molecular complexity index is 1210. The van der Waals surface area contributed by atoms with Gasteiger partial charge in [0.05, 0.1) is 0 Å². The summed E-state index contributed by atoms with van der Waals surface area (Å²) in [4.78, 5) is 14.5. The second-order valence-corrected chi connectivity index (χ2v) is 7.13. The topological polar surface area (TPSA) is 116 Å². The molecule has 0 bridgehead atoms. The van der Waals surface area contributed by atoms with Gasteiger partial charge >= 0.3 is 0 Å². The average Bonchev–Trinajstić information content (AvgIpc) is 2.66. The number of nitrogens with two attached hydrogens (primary N) is 1. The summed E-state index contributed by atoms with van der Waals surface area (Å²) < 4.78 is 6.82. The Hall–Kier alpha value is -3.26. The number of H-pyrrole nitrogens is 1. The molecule has 138 valence electrons. The molecule has 28 heavy (non-hydrogen) atoms. The Labute approximate surface area is 173 Å². The average molecular weight is 456 g/mol. The molecule has 3 aromatic rings. The minimum absolute atomic E-state index is 0.0225. The fraction of sp³-hybridized carbons (Fsp3) is 0.0500. The van der Waals surface area contributed by atoms with Crippen molar-refractivity contribution in [3.63, 3.8) is 0 Å². The van der Waals surface area contributed by atoms with Crippen molar-refractivity contribution in [1.29, 1.82) is 10.5 Å². The highest BCUT2D eigenvalue weighted by atomic mass is 79.9. The number of aromatic nitrogens is 1. The summed E-state index contributed by atoms with van der Waals surface area (Å²) >= 11 is 9.54. The summed E-state index contributed by atoms with van der Waals surface area (Å²) in [5.41, 5.74) is 6.19. The Morgan fingerprint density at radius 3 is 2.57 bits per heavy atom. The van der Waals surface area contributed by atoms with Crippen LogP contribution in [0.3, 0.4) is 0 Å². The van der Waals surface area contributed by atoms with Crippen LogP contribution in [0.25, 0.3) is 11.1 Å². The summed E-state index contributed by atoms with van der Waals surface area (Å²) in [6, 6.07) is 16.1. The maximum atomic E-state index is 12.2. The molecule has 6 nitrogen and oxygen atoms in total. The molecule has 3 rings (SSSR count). The molecule has 0 spiro atoms. The number of aromatic amines is 1. The first kappa shape index (κ1) is 19.5. The second kappa shape index (κ2) is 8.18. The summed E-state index contributed by atoms with van der Waals surface area (Å²) in [5, 5.41) is 19.4. The van der Waals surface area contributed by atoms with Gasteiger partial charge in [0.2, 0.25) is 0 Å². The molecule has 2 aromatic carbocycles. The number of nitrogens with zero attached hydrogens (tertiary/aromatic N) is 2. The van der Waals surface area contributed by atoms with Crippen molar-refractivity contribution in [3.05, 3.63) is 79.0 Å². The summed E-state index contributed by atoms with van der Waals surface area (Å²) in [7, 11) is 0. The lowest BCUT2D eigenvalue weighted by atomic mass is 9.96. The van der Waals surface area contributed by atoms with E-state index in [0.29, 0.717) is 16.3 Å². The van der Waals surface area contributed by atoms with Gasteiger partial charge in [0.25, 0.3) is 5.56 Å². The third-order valence-electron chi connectivity index (χ3n) is 3.96. The molecule has 0 saturated heterocycles. The van der Waals surface area contributed by atoms with Gasteiger partial charge in [-0.2, -0.15) is 10.5 Å². The molecule has 1 aromatic heterocycles. The normalized spacial score (nSPS) is 10.1. The summed E-state index contributed by atoms with van der Waals surface area (Å²) in [6.07, 6.45) is 0. The van der Waals surface area contributed by atoms with E-state index in [1.165, 1.54) is 6.07 Å². The van der Waals surface area contributed by atoms with Crippen LogP contribution in [0.5, 0.6) is 5.75 Å². The van der Waals surface area contributed by atoms with Gasteiger partial charge in [-0.25, -0.2) is 0 Å². The Morgan fingerprint density at radius 2 is 1.89 bits per heavy atom. The third kappa shape index (κ3) is 3.86. The van der Waals surface area contributed by atoms with Crippen molar-refractivity contribution in [2.24, 2.45) is 0 Å². The fourth-order valence-corrected chi connectivity index (χ4v) is 3.34. The van der Waals surface area contributed by atoms with Crippen LogP contribution in [0.2, 0.25) is 5.02 Å². The van der Waals surface area contributed by atoms with E-state index in [2.05, 4.69) is 20.9 Å². The number of nitrogen functional groups attached to an aromatic ring is 1. The van der Waals surface area contributed by atoms with E-state index in [1.807, 2.05) is 36.4 Å². The maximum absolute atomic E-state index is 12.2. The van der Waals surface area contributed by atoms with Gasteiger partial charge < -0.3 is 15.5 Å². The molecule has 0 saturated carbocycles. The molecule has 0 aliphatic carbocycles. The van der Waals surface area contributed by atoms with Gasteiger partial charge in [0, 0.05) is 20.6 Å². The zero-order valence-corrected chi connectivity index (χ0v) is 16.6. The minimum Gasteiger partial charge on any atom is -0.488 e. The Balaban J connectivity index is 2.16. The van der Waals surface area contributed by atoms with E-state index in [0.717, 1.165) is 10.0 Å². The van der Waals surface area contributed by atoms with Crippen LogP contribution in [0, 0.1) is 22.7 Å². The zero-order chi connectivity index (χ0) is 20.3. The van der Waals surface area contributed by atoms with Crippen molar-refractivity contribution in [1.82, 2.24) is 4.98 Å². The van der Waals surface area contributed by atoms with Gasteiger partial charge in [0.15, 0.2) is 0 Å². The van der Waals surface area contributed by atoms with Gasteiger partial charge in [-0.3, -0.25) is 4.79 Å². The third-order valence-corrected chi connectivity index (χ3v) is 4.69. The van der Waals surface area contributed by atoms with E-state index in [-0.39, 0.29) is 29.1 Å². The van der Waals surface area contributed by atoms with Gasteiger partial charge in [-0.15, -0.1) is 0 Å². The van der Waals surface area contributed by atoms with Gasteiger partial charge in [-0.05, 0) is 35.9 Å². The number of benzene rings is 2. The molecule has 0 unspecified atom stereocenters. The Kier molecular flexibility index (Phi) is 5.70. The molecular formula is C20H12BrClN4O2. The largest absolute Gasteiger partial charge is 0.488 e. The van der Waals surface area contributed by atoms with Crippen molar-refractivity contribution in [2.45, 2.75) is 6.61 Å². The molecule has 8 heteroatoms. The lowest BCUT2D eigenvalue weighted by molar-refractivity contribution is 0.307. The number of hydrogen-bond donors (Lipinski definition) is 2. The number of pyridine rings is 1. The molecule has 0 fully saturated rings. The monoisotopic (exact) mass is 454 g/mol. The van der Waals surface area contributed by atoms with E-state index in [4.69, 9.17) is 22.1 Å². The van der Waals surface area contributed by atoms with E-state index in [1.54, 1.807) is 12.1 Å². The van der Waals surface area contributed by atoms with Crippen LogP contribution in [0.15, 0.2) is 51.7 Å². The van der Waals surface area contributed by atoms with Crippen molar-refractivity contribution < 1.29 is 4.74 Å². The summed E-state index contributed by atoms with van der Waals surface area (Å²) in [5.74, 6) is 0.238. The lowest BCUT2D eigenvalue weighted by Crippen LogP contribution is -2.16. The number of hydrogen-bond acceptors (Lipinski definition) is 5. The van der Waals surface area contributed by atoms with Gasteiger partial charge in [0.1, 0.15) is 41.4 Å². The second-order valence-electron chi connectivity index (χ2n) is 5.78. The van der Waals surface area contributed by atoms with E-state index < -0.39 is 5.56 Å². The van der Waals surface area contributed by atoms with Crippen molar-refractivity contribution >= 4 is 33.3 Å². The van der Waals surface area contributed by atoms with Crippen LogP contribution in [-0.4, -0.2) is 4.98 Å². The standard InChI is InChI=1S/C20H12BrClN4O2/c21-12-3-1-2-11(6-12)10-28-17-5-4-13(22)7-14(17)18-15(8-23)19(25)26-20(27)16(18)9-24/h1-7H,10H2,(H3,25,26,27). The van der Waals surface area contributed by atoms with Gasteiger partial charge in [-0.1, -0.05) is 39.7 Å². The number of nitriles is 2. The van der Waals surface area contributed by atoms with Crippen LogP contribution < -0.4 is 16.0 Å². The quantitative estimate of drug-likeness (QED) is 0.606. The zero-order valence-electron chi connectivity index (χ0n) is 14.3. The SMILES string of the molecule is N#Cc1c(N)[nH]c(=O)c(C#N)c1-c1cc(Cl)ccc1OCc1cccc(Br)c1. The number of nitrogens with one attached hydrogen (secondary N) is 1. The number of halogens is 2. The smallest absolute Gasteiger partial charge is 0.268 e. The van der Waals surface area contributed by atoms with Crippen molar-refractivity contribution in [3.8, 4) is 29.0 Å². The fourth-order valence-electron chi connectivity index (χ4n) is 2.72.